The minimum Gasteiger partial charge on any atom is -0.394 e. The average Bonchev–Trinajstić information content (AvgIpc) is 3.19. The molecule has 0 aromatic heterocycles. The summed E-state index contributed by atoms with van der Waals surface area (Å²) in [6.07, 6.45) is -4.60. The molecule has 7 N–H and O–H groups in total. The Morgan fingerprint density at radius 3 is 2.41 bits per heavy atom. The van der Waals surface area contributed by atoms with Gasteiger partial charge in [0.05, 0.1) is 19.3 Å². The topological polar surface area (TPSA) is 207 Å². The lowest BCUT2D eigenvalue weighted by molar-refractivity contribution is -0.270. The van der Waals surface area contributed by atoms with Crippen molar-refractivity contribution in [3.05, 3.63) is 0 Å². The van der Waals surface area contributed by atoms with Gasteiger partial charge >= 0.3 is 12.7 Å². The van der Waals surface area contributed by atoms with Crippen LogP contribution >= 0.6 is 6.72 Å². The first kappa shape index (κ1) is 34.2. The number of carbonyl (C=O) groups excluding carboxylic acids is 2. The molecule has 0 spiro atoms. The lowest BCUT2D eigenvalue weighted by Gasteiger charge is -2.42. The van der Waals surface area contributed by atoms with Crippen LogP contribution < -0.4 is 16.0 Å². The van der Waals surface area contributed by atoms with E-state index in [4.69, 9.17) is 39.8 Å². The number of carbonyl (C=O) groups is 2. The van der Waals surface area contributed by atoms with Crippen molar-refractivity contribution in [2.75, 3.05) is 47.7 Å². The molecule has 2 aliphatic rings. The number of unbranched alkanes of at least 4 members (excludes halogenated alkanes) is 1. The Bertz CT molecular complexity index is 829. The fraction of sp³-hybridized carbons (Fsp3) is 0.909. The molecule has 0 aromatic carbocycles. The smallest absolute Gasteiger partial charge is 0.324 e. The Balaban J connectivity index is 1.79. The van der Waals surface area contributed by atoms with Crippen LogP contribution in [0.2, 0.25) is 0 Å². The lowest BCUT2D eigenvalue weighted by Crippen LogP contribution is -2.64. The molecule has 0 radical (unpaired) electrons. The predicted octanol–water partition coefficient (Wildman–Crippen LogP) is -1.68. The first-order valence-electron chi connectivity index (χ1n) is 12.6. The maximum Gasteiger partial charge on any atom is 0.324 e. The molecule has 1 saturated heterocycles. The second-order valence-electron chi connectivity index (χ2n) is 9.39. The van der Waals surface area contributed by atoms with Crippen LogP contribution in [0.3, 0.4) is 0 Å². The maximum absolute atomic E-state index is 12.5. The average molecular weight is 604 g/mol. The normalized spacial score (nSPS) is 34.3. The Kier molecular flexibility index (Phi) is 14.4. The van der Waals surface area contributed by atoms with Gasteiger partial charge in [-0.05, 0) is 31.1 Å². The second-order valence-corrected chi connectivity index (χ2v) is 12.3. The van der Waals surface area contributed by atoms with Crippen molar-refractivity contribution < 1.29 is 57.8 Å². The summed E-state index contributed by atoms with van der Waals surface area (Å²) in [4.78, 5) is 34.2. The molecule has 2 fully saturated rings. The summed E-state index contributed by atoms with van der Waals surface area (Å²) in [5.41, 5.74) is 0. The lowest BCUT2D eigenvalue weighted by atomic mass is 9.97. The third-order valence-electron chi connectivity index (χ3n) is 6.59. The molecule has 1 heterocycles. The fourth-order valence-electron chi connectivity index (χ4n) is 4.71. The highest BCUT2D eigenvalue weighted by molar-refractivity contribution is 8.07. The first-order chi connectivity index (χ1) is 18.5. The molecule has 228 valence electrons. The van der Waals surface area contributed by atoms with Gasteiger partial charge in [-0.2, -0.15) is 0 Å². The van der Waals surface area contributed by atoms with Gasteiger partial charge in [0.1, 0.15) is 36.6 Å². The number of hydrogen-bond acceptors (Lipinski definition) is 12. The van der Waals surface area contributed by atoms with Crippen molar-refractivity contribution >= 4 is 30.5 Å². The largest absolute Gasteiger partial charge is 0.394 e. The molecule has 2 rings (SSSR count). The van der Waals surface area contributed by atoms with Crippen LogP contribution in [0, 0.1) is 5.92 Å². The number of urea groups is 1. The summed E-state index contributed by atoms with van der Waals surface area (Å²) in [7, 11) is 4.28. The van der Waals surface area contributed by atoms with Crippen molar-refractivity contribution in [2.45, 2.75) is 75.1 Å². The van der Waals surface area contributed by atoms with E-state index in [0.717, 1.165) is 0 Å². The second kappa shape index (κ2) is 16.4. The summed E-state index contributed by atoms with van der Waals surface area (Å²) in [6.45, 7) is -1.93. The zero-order valence-electron chi connectivity index (χ0n) is 22.6. The molecular formula is C22H42N3O12PS. The van der Waals surface area contributed by atoms with Gasteiger partial charge in [-0.25, -0.2) is 4.79 Å². The van der Waals surface area contributed by atoms with Gasteiger partial charge in [0.15, 0.2) is 6.29 Å². The van der Waals surface area contributed by atoms with Gasteiger partial charge in [-0.3, -0.25) is 4.79 Å². The zero-order valence-corrected chi connectivity index (χ0v) is 24.3. The SMILES string of the molecule is COC[C@H]1C[C@H](NC(=O)NCCCCO[C@@H]2O[C@H](CO)[C@H](O)[C@H](O)[C@H]2NC(C)=O)[C@@H](OC)C1OP(O)(=S)OC. The monoisotopic (exact) mass is 603 g/mol. The predicted molar refractivity (Wildman–Crippen MR) is 140 cm³/mol. The van der Waals surface area contributed by atoms with Gasteiger partial charge in [0.2, 0.25) is 5.91 Å². The van der Waals surface area contributed by atoms with Crippen LogP contribution in [0.25, 0.3) is 0 Å². The minimum atomic E-state index is -3.47. The van der Waals surface area contributed by atoms with Crippen molar-refractivity contribution in [2.24, 2.45) is 5.92 Å². The van der Waals surface area contributed by atoms with E-state index in [1.54, 1.807) is 0 Å². The van der Waals surface area contributed by atoms with E-state index in [9.17, 15) is 29.8 Å². The van der Waals surface area contributed by atoms with E-state index in [2.05, 4.69) is 16.0 Å². The molecule has 39 heavy (non-hydrogen) atoms. The number of rotatable bonds is 15. The van der Waals surface area contributed by atoms with Crippen LogP contribution in [0.1, 0.15) is 26.2 Å². The highest BCUT2D eigenvalue weighted by Gasteiger charge is 2.47. The first-order valence-corrected chi connectivity index (χ1v) is 15.2. The number of hydrogen-bond donors (Lipinski definition) is 7. The Morgan fingerprint density at radius 2 is 1.82 bits per heavy atom. The molecule has 3 amide bonds. The summed E-state index contributed by atoms with van der Waals surface area (Å²) < 4.78 is 32.5. The number of aliphatic hydroxyl groups is 3. The summed E-state index contributed by atoms with van der Waals surface area (Å²) in [6, 6.07) is -1.85. The van der Waals surface area contributed by atoms with Crippen LogP contribution in [0.4, 0.5) is 4.79 Å². The maximum atomic E-state index is 12.5. The van der Waals surface area contributed by atoms with E-state index < -0.39 is 74.2 Å². The highest BCUT2D eigenvalue weighted by Crippen LogP contribution is 2.48. The summed E-state index contributed by atoms with van der Waals surface area (Å²) in [5, 5.41) is 37.9. The third-order valence-corrected chi connectivity index (χ3v) is 8.26. The van der Waals surface area contributed by atoms with Crippen LogP contribution in [-0.2, 0) is 44.6 Å². The standard InChI is InChI=1S/C22H42N3O12PS/c1-12(27)24-16-18(29)17(28)15(10-26)36-21(16)35-8-6-5-7-23-22(30)25-14-9-13(11-32-2)19(20(14)33-3)37-38(31,39)34-4/h13-21,26,28-29H,5-11H2,1-4H3,(H,24,27)(H,31,39)(H2,23,25,30)/t13-,14+,15-,16-,17+,18-,19?,20-,21-,38?/m1/s1. The Labute approximate surface area is 233 Å². The number of methoxy groups -OCH3 is 2. The number of nitrogens with one attached hydrogen (secondary N) is 3. The van der Waals surface area contributed by atoms with Gasteiger partial charge in [0, 0.05) is 47.3 Å². The van der Waals surface area contributed by atoms with Crippen molar-refractivity contribution in [3.63, 3.8) is 0 Å². The van der Waals surface area contributed by atoms with E-state index in [1.807, 2.05) is 0 Å². The zero-order chi connectivity index (χ0) is 29.2. The molecule has 1 aliphatic carbocycles. The van der Waals surface area contributed by atoms with Gasteiger partial charge in [0.25, 0.3) is 0 Å². The van der Waals surface area contributed by atoms with Gasteiger partial charge in [-0.15, -0.1) is 0 Å². The van der Waals surface area contributed by atoms with Crippen molar-refractivity contribution in [1.29, 1.82) is 0 Å². The number of amides is 3. The Hall–Kier alpha value is -1.01. The molecule has 17 heteroatoms. The fourth-order valence-corrected chi connectivity index (χ4v) is 5.70. The van der Waals surface area contributed by atoms with E-state index >= 15 is 0 Å². The molecule has 1 saturated carbocycles. The third kappa shape index (κ3) is 10.1. The Morgan fingerprint density at radius 1 is 1.10 bits per heavy atom. The van der Waals surface area contributed by atoms with Crippen LogP contribution in [0.15, 0.2) is 0 Å². The molecule has 10 atom stereocenters. The summed E-state index contributed by atoms with van der Waals surface area (Å²) in [5.74, 6) is -0.633. The molecule has 2 unspecified atom stereocenters. The van der Waals surface area contributed by atoms with Crippen molar-refractivity contribution in [3.8, 4) is 0 Å². The number of ether oxygens (including phenoxy) is 4. The molecule has 0 bridgehead atoms. The molecule has 15 nitrogen and oxygen atoms in total. The van der Waals surface area contributed by atoms with Crippen LogP contribution in [0.5, 0.6) is 0 Å². The molecular weight excluding hydrogens is 561 g/mol. The van der Waals surface area contributed by atoms with E-state index in [1.165, 1.54) is 28.3 Å². The van der Waals surface area contributed by atoms with Gasteiger partial charge in [-0.1, -0.05) is 0 Å². The van der Waals surface area contributed by atoms with Crippen molar-refractivity contribution in [1.82, 2.24) is 16.0 Å². The molecule has 0 aromatic rings. The van der Waals surface area contributed by atoms with E-state index in [0.29, 0.717) is 32.4 Å². The number of aliphatic hydroxyl groups excluding tert-OH is 3. The van der Waals surface area contributed by atoms with Crippen LogP contribution in [-0.4, -0.2) is 129 Å². The highest BCUT2D eigenvalue weighted by atomic mass is 32.5. The summed E-state index contributed by atoms with van der Waals surface area (Å²) >= 11 is 4.98. The van der Waals surface area contributed by atoms with E-state index in [-0.39, 0.29) is 12.5 Å². The minimum absolute atomic E-state index is 0.170. The molecule has 1 aliphatic heterocycles. The van der Waals surface area contributed by atoms with Gasteiger partial charge < -0.3 is 64.2 Å². The quantitative estimate of drug-likeness (QED) is 0.0826.